The number of rotatable bonds is 3. The van der Waals surface area contributed by atoms with Gasteiger partial charge in [-0.3, -0.25) is 0 Å². The second-order valence-corrected chi connectivity index (χ2v) is 8.08. The van der Waals surface area contributed by atoms with Crippen LogP contribution in [0.25, 0.3) is 0 Å². The highest BCUT2D eigenvalue weighted by Gasteiger charge is 2.40. The van der Waals surface area contributed by atoms with Gasteiger partial charge < -0.3 is 5.73 Å². The first-order valence-electron chi connectivity index (χ1n) is 7.16. The minimum atomic E-state index is -4.79. The number of sulfonamides is 1. The van der Waals surface area contributed by atoms with E-state index in [0.717, 1.165) is 16.4 Å². The van der Waals surface area contributed by atoms with E-state index in [1.807, 2.05) is 6.92 Å². The minimum absolute atomic E-state index is 0.0684. The van der Waals surface area contributed by atoms with E-state index in [2.05, 4.69) is 0 Å². The van der Waals surface area contributed by atoms with Gasteiger partial charge in [0.1, 0.15) is 0 Å². The summed E-state index contributed by atoms with van der Waals surface area (Å²) in [6.45, 7) is 2.17. The molecule has 1 aromatic carbocycles. The third kappa shape index (κ3) is 3.99. The van der Waals surface area contributed by atoms with Crippen LogP contribution in [0.3, 0.4) is 0 Å². The van der Waals surface area contributed by atoms with Crippen molar-refractivity contribution < 1.29 is 21.6 Å². The van der Waals surface area contributed by atoms with Crippen LogP contribution in [-0.4, -0.2) is 31.9 Å². The SMILES string of the molecule is CC(N)C1CCN(S(=O)(=O)c2ccc(Cl)cc2C(F)(F)F)CC1. The molecule has 0 amide bonds. The third-order valence-electron chi connectivity index (χ3n) is 4.11. The molecule has 0 aromatic heterocycles. The van der Waals surface area contributed by atoms with Crippen LogP contribution in [0.5, 0.6) is 0 Å². The molecule has 1 aliphatic rings. The van der Waals surface area contributed by atoms with Crippen LogP contribution in [0.1, 0.15) is 25.3 Å². The Hall–Kier alpha value is -0.830. The molecule has 0 radical (unpaired) electrons. The van der Waals surface area contributed by atoms with Crippen molar-refractivity contribution >= 4 is 21.6 Å². The van der Waals surface area contributed by atoms with E-state index < -0.39 is 26.7 Å². The second kappa shape index (κ2) is 6.58. The Balaban J connectivity index is 2.35. The summed E-state index contributed by atoms with van der Waals surface area (Å²) in [7, 11) is -4.23. The third-order valence-corrected chi connectivity index (χ3v) is 6.30. The van der Waals surface area contributed by atoms with Crippen molar-refractivity contribution in [2.24, 2.45) is 11.7 Å². The van der Waals surface area contributed by atoms with Gasteiger partial charge in [0.05, 0.1) is 10.5 Å². The van der Waals surface area contributed by atoms with Gasteiger partial charge in [-0.15, -0.1) is 0 Å². The van der Waals surface area contributed by atoms with Crippen molar-refractivity contribution in [3.8, 4) is 0 Å². The summed E-state index contributed by atoms with van der Waals surface area (Å²) < 4.78 is 65.7. The lowest BCUT2D eigenvalue weighted by atomic mass is 9.92. The van der Waals surface area contributed by atoms with E-state index in [1.165, 1.54) is 0 Å². The number of halogens is 4. The monoisotopic (exact) mass is 370 g/mol. The molecule has 4 nitrogen and oxygen atoms in total. The maximum Gasteiger partial charge on any atom is 0.417 e. The Morgan fingerprint density at radius 3 is 2.35 bits per heavy atom. The van der Waals surface area contributed by atoms with E-state index in [9.17, 15) is 21.6 Å². The van der Waals surface area contributed by atoms with Crippen LogP contribution in [0.4, 0.5) is 13.2 Å². The highest BCUT2D eigenvalue weighted by molar-refractivity contribution is 7.89. The van der Waals surface area contributed by atoms with Crippen molar-refractivity contribution in [1.29, 1.82) is 0 Å². The number of alkyl halides is 3. The van der Waals surface area contributed by atoms with Crippen LogP contribution in [0.2, 0.25) is 5.02 Å². The maximum absolute atomic E-state index is 13.1. The average molecular weight is 371 g/mol. The molecule has 0 saturated carbocycles. The fourth-order valence-electron chi connectivity index (χ4n) is 2.73. The molecule has 2 rings (SSSR count). The minimum Gasteiger partial charge on any atom is -0.328 e. The van der Waals surface area contributed by atoms with Crippen LogP contribution in [0, 0.1) is 5.92 Å². The zero-order valence-electron chi connectivity index (χ0n) is 12.5. The fraction of sp³-hybridized carbons (Fsp3) is 0.571. The highest BCUT2D eigenvalue weighted by Crippen LogP contribution is 2.37. The molecule has 0 bridgehead atoms. The molecule has 0 spiro atoms. The van der Waals surface area contributed by atoms with Gasteiger partial charge in [-0.2, -0.15) is 17.5 Å². The molecule has 1 heterocycles. The molecule has 130 valence electrons. The van der Waals surface area contributed by atoms with Gasteiger partial charge >= 0.3 is 6.18 Å². The van der Waals surface area contributed by atoms with Crippen LogP contribution < -0.4 is 5.73 Å². The maximum atomic E-state index is 13.1. The average Bonchev–Trinajstić information content (AvgIpc) is 2.46. The molecule has 0 aliphatic carbocycles. The van der Waals surface area contributed by atoms with Crippen molar-refractivity contribution in [2.75, 3.05) is 13.1 Å². The number of benzene rings is 1. The standard InChI is InChI=1S/C14H18ClF3N2O2S/c1-9(19)10-4-6-20(7-5-10)23(21,22)13-3-2-11(15)8-12(13)14(16,17)18/h2-3,8-10H,4-7,19H2,1H3. The number of hydrogen-bond donors (Lipinski definition) is 1. The molecule has 23 heavy (non-hydrogen) atoms. The van der Waals surface area contributed by atoms with E-state index >= 15 is 0 Å². The Morgan fingerprint density at radius 2 is 1.87 bits per heavy atom. The summed E-state index contributed by atoms with van der Waals surface area (Å²) in [6.07, 6.45) is -3.73. The molecule has 1 unspecified atom stereocenters. The Kier molecular flexibility index (Phi) is 5.30. The van der Waals surface area contributed by atoms with E-state index in [4.69, 9.17) is 17.3 Å². The summed E-state index contributed by atoms with van der Waals surface area (Å²) in [5.74, 6) is 0.175. The van der Waals surface area contributed by atoms with Gasteiger partial charge in [0.15, 0.2) is 0 Å². The molecule has 1 saturated heterocycles. The molecule has 1 aliphatic heterocycles. The molecular weight excluding hydrogens is 353 g/mol. The molecule has 1 atom stereocenters. The first-order valence-corrected chi connectivity index (χ1v) is 8.97. The van der Waals surface area contributed by atoms with Gasteiger partial charge in [-0.25, -0.2) is 8.42 Å². The van der Waals surface area contributed by atoms with Gasteiger partial charge in [-0.05, 0) is 43.9 Å². The summed E-state index contributed by atoms with van der Waals surface area (Å²) in [5, 5.41) is -0.160. The second-order valence-electron chi connectivity index (χ2n) is 5.74. The predicted octanol–water partition coefficient (Wildman–Crippen LogP) is 3.11. The summed E-state index contributed by atoms with van der Waals surface area (Å²) >= 11 is 5.59. The number of piperidine rings is 1. The lowest BCUT2D eigenvalue weighted by Gasteiger charge is -2.33. The van der Waals surface area contributed by atoms with Crippen LogP contribution >= 0.6 is 11.6 Å². The van der Waals surface area contributed by atoms with E-state index in [0.29, 0.717) is 18.9 Å². The molecule has 1 fully saturated rings. The van der Waals surface area contributed by atoms with Crippen molar-refractivity contribution in [3.05, 3.63) is 28.8 Å². The van der Waals surface area contributed by atoms with Crippen molar-refractivity contribution in [2.45, 2.75) is 36.9 Å². The fourth-order valence-corrected chi connectivity index (χ4v) is 4.56. The Labute approximate surface area is 138 Å². The molecular formula is C14H18ClF3N2O2S. The predicted molar refractivity (Wildman–Crippen MR) is 81.6 cm³/mol. The summed E-state index contributed by atoms with van der Waals surface area (Å²) in [5.41, 5.74) is 4.56. The lowest BCUT2D eigenvalue weighted by Crippen LogP contribution is -2.42. The normalized spacial score (nSPS) is 19.7. The largest absolute Gasteiger partial charge is 0.417 e. The summed E-state index contributed by atoms with van der Waals surface area (Å²) in [4.78, 5) is -0.756. The van der Waals surface area contributed by atoms with Gasteiger partial charge in [0.25, 0.3) is 0 Å². The number of hydrogen-bond acceptors (Lipinski definition) is 3. The Bertz CT molecular complexity index is 669. The topological polar surface area (TPSA) is 63.4 Å². The molecule has 9 heteroatoms. The number of nitrogens with two attached hydrogens (primary N) is 1. The van der Waals surface area contributed by atoms with E-state index in [-0.39, 0.29) is 30.1 Å². The molecule has 2 N–H and O–H groups in total. The van der Waals surface area contributed by atoms with Crippen molar-refractivity contribution in [1.82, 2.24) is 4.31 Å². The zero-order valence-corrected chi connectivity index (χ0v) is 14.0. The van der Waals surface area contributed by atoms with Crippen molar-refractivity contribution in [3.63, 3.8) is 0 Å². The first kappa shape index (κ1) is 18.5. The quantitative estimate of drug-likeness (QED) is 0.889. The van der Waals surface area contributed by atoms with Crippen LogP contribution in [0.15, 0.2) is 23.1 Å². The highest BCUT2D eigenvalue weighted by atomic mass is 35.5. The first-order chi connectivity index (χ1) is 10.5. The number of nitrogens with zero attached hydrogens (tertiary/aromatic N) is 1. The smallest absolute Gasteiger partial charge is 0.328 e. The van der Waals surface area contributed by atoms with E-state index in [1.54, 1.807) is 0 Å². The van der Waals surface area contributed by atoms with Gasteiger partial charge in [0.2, 0.25) is 10.0 Å². The summed E-state index contributed by atoms with van der Waals surface area (Å²) in [6, 6.07) is 2.64. The van der Waals surface area contributed by atoms with Gasteiger partial charge in [0, 0.05) is 24.2 Å². The zero-order chi connectivity index (χ0) is 17.4. The Morgan fingerprint density at radius 1 is 1.30 bits per heavy atom. The van der Waals surface area contributed by atoms with Crippen LogP contribution in [-0.2, 0) is 16.2 Å². The lowest BCUT2D eigenvalue weighted by molar-refractivity contribution is -0.139. The molecule has 1 aromatic rings. The van der Waals surface area contributed by atoms with Gasteiger partial charge in [-0.1, -0.05) is 11.6 Å².